The van der Waals surface area contributed by atoms with Gasteiger partial charge in [-0.25, -0.2) is 9.78 Å². The second-order valence-electron chi connectivity index (χ2n) is 7.87. The Balaban J connectivity index is 2.02. The summed E-state index contributed by atoms with van der Waals surface area (Å²) in [5, 5.41) is 0. The van der Waals surface area contributed by atoms with Crippen molar-refractivity contribution in [2.45, 2.75) is 39.8 Å². The molecule has 31 heavy (non-hydrogen) atoms. The summed E-state index contributed by atoms with van der Waals surface area (Å²) in [6.07, 6.45) is 3.06. The van der Waals surface area contributed by atoms with Crippen LogP contribution in [0.1, 0.15) is 43.8 Å². The highest BCUT2D eigenvalue weighted by molar-refractivity contribution is 5.91. The number of rotatable bonds is 8. The zero-order valence-electron chi connectivity index (χ0n) is 18.5. The quantitative estimate of drug-likeness (QED) is 0.450. The van der Waals surface area contributed by atoms with Crippen molar-refractivity contribution in [3.63, 3.8) is 0 Å². The van der Waals surface area contributed by atoms with Gasteiger partial charge in [-0.15, -0.1) is 0 Å². The normalized spacial score (nSPS) is 11.1. The molecule has 7 heteroatoms. The second kappa shape index (κ2) is 9.55. The van der Waals surface area contributed by atoms with E-state index in [1.807, 2.05) is 62.9 Å². The van der Waals surface area contributed by atoms with E-state index in [9.17, 15) is 4.79 Å². The summed E-state index contributed by atoms with van der Waals surface area (Å²) in [5.41, 5.74) is 1.54. The van der Waals surface area contributed by atoms with Gasteiger partial charge in [0.05, 0.1) is 32.0 Å². The number of oxazole rings is 1. The second-order valence-corrected chi connectivity index (χ2v) is 7.87. The van der Waals surface area contributed by atoms with Crippen molar-refractivity contribution in [3.8, 4) is 11.5 Å². The van der Waals surface area contributed by atoms with Crippen LogP contribution in [-0.4, -0.2) is 30.3 Å². The van der Waals surface area contributed by atoms with Crippen LogP contribution in [0.25, 0.3) is 0 Å². The Morgan fingerprint density at radius 3 is 2.52 bits per heavy atom. The lowest BCUT2D eigenvalue weighted by Crippen LogP contribution is -2.24. The summed E-state index contributed by atoms with van der Waals surface area (Å²) in [6, 6.07) is 13.0. The number of carbonyl (C=O) groups excluding carboxylic acids is 1. The maximum atomic E-state index is 12.6. The average Bonchev–Trinajstić information content (AvgIpc) is 3.24. The Bertz CT molecular complexity index is 1010. The fourth-order valence-corrected chi connectivity index (χ4v) is 3.05. The number of hydrogen-bond donors (Lipinski definition) is 0. The minimum absolute atomic E-state index is 0.376. The van der Waals surface area contributed by atoms with Crippen LogP contribution in [0.15, 0.2) is 59.5 Å². The topological polar surface area (TPSA) is 74.0 Å². The third-order valence-corrected chi connectivity index (χ3v) is 4.35. The molecule has 2 aromatic carbocycles. The number of methoxy groups -OCH3 is 1. The van der Waals surface area contributed by atoms with Gasteiger partial charge in [-0.2, -0.15) is 0 Å². The highest BCUT2D eigenvalue weighted by Crippen LogP contribution is 2.36. The van der Waals surface area contributed by atoms with Crippen LogP contribution in [0.5, 0.6) is 11.5 Å². The Labute approximate surface area is 182 Å². The summed E-state index contributed by atoms with van der Waals surface area (Å²) >= 11 is 0. The van der Waals surface area contributed by atoms with Crippen molar-refractivity contribution in [1.29, 1.82) is 0 Å². The van der Waals surface area contributed by atoms with E-state index in [4.69, 9.17) is 18.6 Å². The molecule has 3 rings (SSSR count). The maximum absolute atomic E-state index is 12.6. The predicted molar refractivity (Wildman–Crippen MR) is 118 cm³/mol. The first-order chi connectivity index (χ1) is 14.8. The summed E-state index contributed by atoms with van der Waals surface area (Å²) in [4.78, 5) is 18.6. The molecule has 1 heterocycles. The molecular formula is C24H28N2O5. The molecule has 7 nitrogen and oxygen atoms in total. The van der Waals surface area contributed by atoms with E-state index >= 15 is 0 Å². The molecular weight excluding hydrogens is 396 g/mol. The summed E-state index contributed by atoms with van der Waals surface area (Å²) < 4.78 is 22.2. The number of hydrogen-bond acceptors (Lipinski definition) is 7. The van der Waals surface area contributed by atoms with Gasteiger partial charge in [-0.3, -0.25) is 0 Å². The van der Waals surface area contributed by atoms with Gasteiger partial charge in [0, 0.05) is 17.4 Å². The molecule has 0 aliphatic heterocycles. The minimum Gasteiger partial charge on any atom is -0.493 e. The zero-order valence-corrected chi connectivity index (χ0v) is 18.5. The van der Waals surface area contributed by atoms with E-state index in [1.54, 1.807) is 25.4 Å². The first kappa shape index (κ1) is 22.2. The smallest absolute Gasteiger partial charge is 0.338 e. The van der Waals surface area contributed by atoms with Crippen LogP contribution in [0.4, 0.5) is 11.4 Å². The zero-order chi connectivity index (χ0) is 22.4. The van der Waals surface area contributed by atoms with E-state index in [0.29, 0.717) is 36.0 Å². The first-order valence-corrected chi connectivity index (χ1v) is 10.1. The monoisotopic (exact) mass is 424 g/mol. The van der Waals surface area contributed by atoms with E-state index in [-0.39, 0.29) is 5.97 Å². The number of ether oxygens (including phenoxy) is 3. The number of aromatic nitrogens is 1. The highest BCUT2D eigenvalue weighted by Gasteiger charge is 2.20. The number of nitrogens with zero attached hydrogens (tertiary/aromatic N) is 2. The SMILES string of the molecule is CCOc1cc(N(Cc2cnco2)c2cccc(C(=O)OC(C)(C)C)c2)ccc1OC. The molecule has 0 unspecified atom stereocenters. The largest absolute Gasteiger partial charge is 0.493 e. The molecule has 0 atom stereocenters. The van der Waals surface area contributed by atoms with Crippen molar-refractivity contribution in [2.75, 3.05) is 18.6 Å². The minimum atomic E-state index is -0.574. The molecule has 164 valence electrons. The molecule has 1 aromatic heterocycles. The molecule has 0 radical (unpaired) electrons. The van der Waals surface area contributed by atoms with Gasteiger partial charge >= 0.3 is 5.97 Å². The van der Waals surface area contributed by atoms with Crippen molar-refractivity contribution < 1.29 is 23.4 Å². The maximum Gasteiger partial charge on any atom is 0.338 e. The van der Waals surface area contributed by atoms with Gasteiger partial charge in [0.2, 0.25) is 0 Å². The van der Waals surface area contributed by atoms with Gasteiger partial charge < -0.3 is 23.5 Å². The molecule has 0 aliphatic carbocycles. The molecule has 0 amide bonds. The van der Waals surface area contributed by atoms with Gasteiger partial charge in [0.1, 0.15) is 11.4 Å². The average molecular weight is 424 g/mol. The molecule has 0 bridgehead atoms. The fourth-order valence-electron chi connectivity index (χ4n) is 3.05. The summed E-state index contributed by atoms with van der Waals surface area (Å²) in [6.45, 7) is 8.38. The Hall–Kier alpha value is -3.48. The number of anilines is 2. The Morgan fingerprint density at radius 1 is 1.10 bits per heavy atom. The molecule has 0 spiro atoms. The Kier molecular flexibility index (Phi) is 6.84. The third-order valence-electron chi connectivity index (χ3n) is 4.35. The van der Waals surface area contributed by atoms with Crippen LogP contribution in [0.3, 0.4) is 0 Å². The van der Waals surface area contributed by atoms with Crippen LogP contribution in [0.2, 0.25) is 0 Å². The lowest BCUT2D eigenvalue weighted by atomic mass is 10.1. The van der Waals surface area contributed by atoms with E-state index < -0.39 is 5.60 Å². The van der Waals surface area contributed by atoms with E-state index in [0.717, 1.165) is 11.4 Å². The highest BCUT2D eigenvalue weighted by atomic mass is 16.6. The van der Waals surface area contributed by atoms with Crippen LogP contribution < -0.4 is 14.4 Å². The molecule has 0 saturated heterocycles. The van der Waals surface area contributed by atoms with Crippen molar-refractivity contribution >= 4 is 17.3 Å². The number of esters is 1. The van der Waals surface area contributed by atoms with Crippen molar-refractivity contribution in [1.82, 2.24) is 4.98 Å². The Morgan fingerprint density at radius 2 is 1.87 bits per heavy atom. The molecule has 0 N–H and O–H groups in total. The van der Waals surface area contributed by atoms with Gasteiger partial charge in [-0.1, -0.05) is 6.07 Å². The summed E-state index contributed by atoms with van der Waals surface area (Å²) in [5.74, 6) is 1.58. The first-order valence-electron chi connectivity index (χ1n) is 10.1. The number of benzene rings is 2. The van der Waals surface area contributed by atoms with Crippen LogP contribution in [0, 0.1) is 0 Å². The van der Waals surface area contributed by atoms with Gasteiger partial charge in [-0.05, 0) is 58.0 Å². The lowest BCUT2D eigenvalue weighted by molar-refractivity contribution is 0.00695. The van der Waals surface area contributed by atoms with Crippen LogP contribution >= 0.6 is 0 Å². The molecule has 3 aromatic rings. The van der Waals surface area contributed by atoms with E-state index in [2.05, 4.69) is 4.98 Å². The fraction of sp³-hybridized carbons (Fsp3) is 0.333. The van der Waals surface area contributed by atoms with Gasteiger partial charge in [0.15, 0.2) is 17.9 Å². The third kappa shape index (κ3) is 5.78. The lowest BCUT2D eigenvalue weighted by Gasteiger charge is -2.26. The van der Waals surface area contributed by atoms with E-state index in [1.165, 1.54) is 6.39 Å². The van der Waals surface area contributed by atoms with Gasteiger partial charge in [0.25, 0.3) is 0 Å². The van der Waals surface area contributed by atoms with Crippen LogP contribution in [-0.2, 0) is 11.3 Å². The molecule has 0 saturated carbocycles. The number of carbonyl (C=O) groups is 1. The standard InChI is InChI=1S/C24H28N2O5/c1-6-29-22-13-19(10-11-21(22)28-5)26(15-20-14-25-16-30-20)18-9-7-8-17(12-18)23(27)31-24(2,3)4/h7-14,16H,6,15H2,1-5H3. The molecule has 0 aliphatic rings. The predicted octanol–water partition coefficient (Wildman–Crippen LogP) is 5.38. The molecule has 0 fully saturated rings. The summed E-state index contributed by atoms with van der Waals surface area (Å²) in [7, 11) is 1.61. The van der Waals surface area contributed by atoms with Crippen molar-refractivity contribution in [2.24, 2.45) is 0 Å². The van der Waals surface area contributed by atoms with Crippen molar-refractivity contribution in [3.05, 3.63) is 66.4 Å².